The molecule has 2 aromatic rings. The second-order valence-corrected chi connectivity index (χ2v) is 4.37. The van der Waals surface area contributed by atoms with E-state index in [1.165, 1.54) is 6.07 Å². The lowest BCUT2D eigenvalue weighted by atomic mass is 10.1. The predicted molar refractivity (Wildman–Crippen MR) is 73.1 cm³/mol. The Labute approximate surface area is 110 Å². The number of carbonyl (C=O) groups is 1. The first-order chi connectivity index (χ1) is 8.99. The topological polar surface area (TPSA) is 93.2 Å². The number of carboxylic acid groups (broad SMARTS) is 1. The van der Waals surface area contributed by atoms with E-state index >= 15 is 0 Å². The lowest BCUT2D eigenvalue weighted by molar-refractivity contribution is 0.0698. The van der Waals surface area contributed by atoms with E-state index in [0.29, 0.717) is 17.9 Å². The average molecular weight is 260 g/mol. The van der Waals surface area contributed by atoms with Gasteiger partial charge in [-0.25, -0.2) is 9.78 Å². The van der Waals surface area contributed by atoms with Crippen LogP contribution in [-0.2, 0) is 13.6 Å². The largest absolute Gasteiger partial charge is 0.478 e. The highest BCUT2D eigenvalue weighted by Gasteiger charge is 2.11. The summed E-state index contributed by atoms with van der Waals surface area (Å²) in [6.45, 7) is 2.31. The van der Waals surface area contributed by atoms with Crippen LogP contribution in [0.5, 0.6) is 0 Å². The van der Waals surface area contributed by atoms with Crippen LogP contribution in [0, 0.1) is 6.92 Å². The van der Waals surface area contributed by atoms with E-state index < -0.39 is 5.97 Å². The molecule has 0 bridgehead atoms. The Morgan fingerprint density at radius 1 is 1.53 bits per heavy atom. The third-order valence-electron chi connectivity index (χ3n) is 2.99. The van der Waals surface area contributed by atoms with Crippen molar-refractivity contribution in [2.24, 2.45) is 7.05 Å². The number of nitrogens with two attached hydrogens (primary N) is 1. The normalized spacial score (nSPS) is 10.4. The zero-order chi connectivity index (χ0) is 14.0. The van der Waals surface area contributed by atoms with E-state index in [1.807, 2.05) is 23.9 Å². The van der Waals surface area contributed by atoms with Gasteiger partial charge in [0.05, 0.1) is 12.1 Å². The fourth-order valence-corrected chi connectivity index (χ4v) is 1.83. The molecule has 0 saturated carbocycles. The summed E-state index contributed by atoms with van der Waals surface area (Å²) in [6.07, 6.45) is 3.57. The molecule has 0 aliphatic rings. The number of benzene rings is 1. The minimum Gasteiger partial charge on any atom is -0.478 e. The molecule has 4 N–H and O–H groups in total. The van der Waals surface area contributed by atoms with Gasteiger partial charge in [0.15, 0.2) is 0 Å². The monoisotopic (exact) mass is 260 g/mol. The molecule has 2 rings (SSSR count). The van der Waals surface area contributed by atoms with Crippen molar-refractivity contribution in [3.63, 3.8) is 0 Å². The molecule has 1 heterocycles. The number of imidazole rings is 1. The number of nitrogens with zero attached hydrogens (tertiary/aromatic N) is 2. The Kier molecular flexibility index (Phi) is 3.41. The zero-order valence-corrected chi connectivity index (χ0v) is 10.8. The van der Waals surface area contributed by atoms with Crippen LogP contribution in [0.4, 0.5) is 11.4 Å². The number of nitrogens with one attached hydrogen (secondary N) is 1. The minimum absolute atomic E-state index is 0.113. The Morgan fingerprint density at radius 3 is 2.84 bits per heavy atom. The fraction of sp³-hybridized carbons (Fsp3) is 0.231. The van der Waals surface area contributed by atoms with Crippen molar-refractivity contribution in [1.29, 1.82) is 0 Å². The van der Waals surface area contributed by atoms with Crippen LogP contribution in [-0.4, -0.2) is 20.6 Å². The van der Waals surface area contributed by atoms with Gasteiger partial charge >= 0.3 is 5.97 Å². The molecule has 0 spiro atoms. The van der Waals surface area contributed by atoms with Gasteiger partial charge in [-0.3, -0.25) is 0 Å². The van der Waals surface area contributed by atoms with Gasteiger partial charge in [0.2, 0.25) is 0 Å². The second-order valence-electron chi connectivity index (χ2n) is 4.37. The van der Waals surface area contributed by atoms with Crippen LogP contribution in [0.2, 0.25) is 0 Å². The van der Waals surface area contributed by atoms with Gasteiger partial charge in [-0.15, -0.1) is 0 Å². The molecule has 19 heavy (non-hydrogen) atoms. The third kappa shape index (κ3) is 2.67. The number of carboxylic acids is 1. The number of nitrogen functional groups attached to an aromatic ring is 1. The molecule has 1 aromatic heterocycles. The molecule has 100 valence electrons. The standard InChI is InChI=1S/C13H16N4O2/c1-8-5-9(6-10(12(8)14)13(18)19)16-7-11-15-3-4-17(11)2/h3-6,16H,7,14H2,1-2H3,(H,18,19). The Hall–Kier alpha value is -2.50. The highest BCUT2D eigenvalue weighted by Crippen LogP contribution is 2.23. The lowest BCUT2D eigenvalue weighted by Gasteiger charge is -2.11. The number of aryl methyl sites for hydroxylation is 2. The van der Waals surface area contributed by atoms with E-state index in [9.17, 15) is 4.79 Å². The van der Waals surface area contributed by atoms with Gasteiger partial charge in [-0.2, -0.15) is 0 Å². The number of aromatic carboxylic acids is 1. The van der Waals surface area contributed by atoms with Crippen molar-refractivity contribution in [3.8, 4) is 0 Å². The molecule has 0 radical (unpaired) electrons. The molecule has 0 unspecified atom stereocenters. The minimum atomic E-state index is -1.03. The molecule has 6 heteroatoms. The van der Waals surface area contributed by atoms with Gasteiger partial charge in [0, 0.05) is 30.8 Å². The van der Waals surface area contributed by atoms with Gasteiger partial charge in [0.25, 0.3) is 0 Å². The number of aromatic nitrogens is 2. The van der Waals surface area contributed by atoms with Crippen LogP contribution >= 0.6 is 0 Å². The van der Waals surface area contributed by atoms with Crippen molar-refractivity contribution >= 4 is 17.3 Å². The van der Waals surface area contributed by atoms with Gasteiger partial charge < -0.3 is 20.7 Å². The maximum atomic E-state index is 11.1. The van der Waals surface area contributed by atoms with Crippen molar-refractivity contribution < 1.29 is 9.90 Å². The van der Waals surface area contributed by atoms with E-state index in [2.05, 4.69) is 10.3 Å². The third-order valence-corrected chi connectivity index (χ3v) is 2.99. The zero-order valence-electron chi connectivity index (χ0n) is 10.8. The first-order valence-electron chi connectivity index (χ1n) is 5.82. The lowest BCUT2D eigenvalue weighted by Crippen LogP contribution is -2.09. The first kappa shape index (κ1) is 12.9. The molecule has 0 saturated heterocycles. The summed E-state index contributed by atoms with van der Waals surface area (Å²) in [5.74, 6) is -0.160. The average Bonchev–Trinajstić information content (AvgIpc) is 2.76. The Morgan fingerprint density at radius 2 is 2.26 bits per heavy atom. The van der Waals surface area contributed by atoms with E-state index in [-0.39, 0.29) is 5.56 Å². The van der Waals surface area contributed by atoms with Crippen molar-refractivity contribution in [3.05, 3.63) is 41.5 Å². The molecule has 0 aliphatic heterocycles. The summed E-state index contributed by atoms with van der Waals surface area (Å²) in [6, 6.07) is 3.36. The molecule has 0 aliphatic carbocycles. The highest BCUT2D eigenvalue weighted by atomic mass is 16.4. The fourth-order valence-electron chi connectivity index (χ4n) is 1.83. The van der Waals surface area contributed by atoms with Gasteiger partial charge in [-0.05, 0) is 24.6 Å². The van der Waals surface area contributed by atoms with Crippen LogP contribution in [0.25, 0.3) is 0 Å². The van der Waals surface area contributed by atoms with E-state index in [4.69, 9.17) is 10.8 Å². The van der Waals surface area contributed by atoms with Crippen LogP contribution in [0.3, 0.4) is 0 Å². The predicted octanol–water partition coefficient (Wildman–Crippen LogP) is 1.62. The van der Waals surface area contributed by atoms with Crippen LogP contribution < -0.4 is 11.1 Å². The summed E-state index contributed by atoms with van der Waals surface area (Å²) in [5, 5.41) is 12.2. The summed E-state index contributed by atoms with van der Waals surface area (Å²) < 4.78 is 1.90. The Bertz CT molecular complexity index is 619. The van der Waals surface area contributed by atoms with Crippen LogP contribution in [0.15, 0.2) is 24.5 Å². The number of hydrogen-bond acceptors (Lipinski definition) is 4. The Balaban J connectivity index is 2.22. The number of hydrogen-bond donors (Lipinski definition) is 3. The van der Waals surface area contributed by atoms with Gasteiger partial charge in [-0.1, -0.05) is 0 Å². The molecule has 0 fully saturated rings. The summed E-state index contributed by atoms with van der Waals surface area (Å²) in [4.78, 5) is 15.3. The van der Waals surface area contributed by atoms with E-state index in [0.717, 1.165) is 11.4 Å². The first-order valence-corrected chi connectivity index (χ1v) is 5.82. The van der Waals surface area contributed by atoms with Crippen molar-refractivity contribution in [2.75, 3.05) is 11.1 Å². The molecular formula is C13H16N4O2. The number of rotatable bonds is 4. The van der Waals surface area contributed by atoms with Crippen LogP contribution in [0.1, 0.15) is 21.7 Å². The molecule has 1 aromatic carbocycles. The SMILES string of the molecule is Cc1cc(NCc2nccn2C)cc(C(=O)O)c1N. The number of anilines is 2. The summed E-state index contributed by atoms with van der Waals surface area (Å²) in [7, 11) is 1.90. The quantitative estimate of drug-likeness (QED) is 0.726. The molecule has 0 atom stereocenters. The van der Waals surface area contributed by atoms with Crippen molar-refractivity contribution in [1.82, 2.24) is 9.55 Å². The maximum Gasteiger partial charge on any atom is 0.337 e. The van der Waals surface area contributed by atoms with Crippen molar-refractivity contribution in [2.45, 2.75) is 13.5 Å². The van der Waals surface area contributed by atoms with Gasteiger partial charge in [0.1, 0.15) is 5.82 Å². The van der Waals surface area contributed by atoms with E-state index in [1.54, 1.807) is 13.1 Å². The smallest absolute Gasteiger partial charge is 0.337 e. The molecule has 0 amide bonds. The second kappa shape index (κ2) is 5.01. The maximum absolute atomic E-state index is 11.1. The summed E-state index contributed by atoms with van der Waals surface area (Å²) >= 11 is 0. The molecular weight excluding hydrogens is 244 g/mol. The highest BCUT2D eigenvalue weighted by molar-refractivity contribution is 5.95. The molecule has 6 nitrogen and oxygen atoms in total. The summed E-state index contributed by atoms with van der Waals surface area (Å²) in [5.41, 5.74) is 7.61.